The molecule has 2 aromatic heterocycles. The van der Waals surface area contributed by atoms with Crippen molar-refractivity contribution in [3.63, 3.8) is 0 Å². The van der Waals surface area contributed by atoms with Crippen molar-refractivity contribution in [3.8, 4) is 17.3 Å². The van der Waals surface area contributed by atoms with Gasteiger partial charge in [0.25, 0.3) is 0 Å². The molecule has 0 unspecified atom stereocenters. The maximum absolute atomic E-state index is 12.1. The van der Waals surface area contributed by atoms with E-state index in [1.165, 1.54) is 10.5 Å². The van der Waals surface area contributed by atoms with Crippen LogP contribution in [-0.4, -0.2) is 35.3 Å². The summed E-state index contributed by atoms with van der Waals surface area (Å²) >= 11 is 0. The maximum atomic E-state index is 12.1. The van der Waals surface area contributed by atoms with E-state index in [2.05, 4.69) is 16.2 Å². The summed E-state index contributed by atoms with van der Waals surface area (Å²) in [4.78, 5) is 4.19. The van der Waals surface area contributed by atoms with Gasteiger partial charge in [0.2, 0.25) is 10.0 Å². The van der Waals surface area contributed by atoms with E-state index in [9.17, 15) is 8.42 Å². The van der Waals surface area contributed by atoms with Crippen LogP contribution in [0.25, 0.3) is 16.9 Å². The molecule has 7 nitrogen and oxygen atoms in total. The van der Waals surface area contributed by atoms with E-state index in [1.807, 2.05) is 18.2 Å². The van der Waals surface area contributed by atoms with E-state index in [0.29, 0.717) is 29.9 Å². The van der Waals surface area contributed by atoms with Crippen molar-refractivity contribution in [1.29, 1.82) is 5.26 Å². The predicted molar refractivity (Wildman–Crippen MR) is 88.9 cm³/mol. The van der Waals surface area contributed by atoms with Crippen LogP contribution in [0.2, 0.25) is 0 Å². The van der Waals surface area contributed by atoms with Gasteiger partial charge in [0.05, 0.1) is 23.3 Å². The van der Waals surface area contributed by atoms with Gasteiger partial charge in [0.15, 0.2) is 5.65 Å². The molecule has 0 bridgehead atoms. The summed E-state index contributed by atoms with van der Waals surface area (Å²) in [6, 6.07) is 11.2. The number of aromatic nitrogens is 3. The maximum Gasteiger partial charge on any atom is 0.235 e. The highest BCUT2D eigenvalue weighted by Crippen LogP contribution is 2.29. The summed E-state index contributed by atoms with van der Waals surface area (Å²) in [6.45, 7) is 0.498. The molecule has 0 amide bonds. The molecular weight excluding hydrogens is 326 g/mol. The van der Waals surface area contributed by atoms with Crippen LogP contribution in [0, 0.1) is 11.3 Å². The number of sulfonamides is 1. The van der Waals surface area contributed by atoms with Crippen LogP contribution < -0.4 is 4.31 Å². The lowest BCUT2D eigenvalue weighted by Crippen LogP contribution is -2.24. The standard InChI is InChI=1S/C16H13N5O2S/c17-10-13-11-19-21-15(5-6-18-16(13)21)12-3-1-4-14(9-12)20-7-2-8-24(20,22)23/h1,3-6,9,11H,2,7-8H2. The number of nitriles is 1. The Morgan fingerprint density at radius 2 is 2.12 bits per heavy atom. The van der Waals surface area contributed by atoms with E-state index < -0.39 is 10.0 Å². The Morgan fingerprint density at radius 3 is 2.88 bits per heavy atom. The number of benzene rings is 1. The molecule has 1 aliphatic heterocycles. The van der Waals surface area contributed by atoms with E-state index in [0.717, 1.165) is 11.3 Å². The second kappa shape index (κ2) is 5.32. The minimum absolute atomic E-state index is 0.182. The van der Waals surface area contributed by atoms with Gasteiger partial charge in [-0.15, -0.1) is 0 Å². The quantitative estimate of drug-likeness (QED) is 0.710. The third kappa shape index (κ3) is 2.21. The van der Waals surface area contributed by atoms with Crippen molar-refractivity contribution >= 4 is 21.4 Å². The molecule has 0 aliphatic carbocycles. The highest BCUT2D eigenvalue weighted by molar-refractivity contribution is 7.93. The Hall–Kier alpha value is -2.92. The van der Waals surface area contributed by atoms with Crippen LogP contribution in [0.1, 0.15) is 12.0 Å². The molecule has 0 saturated carbocycles. The molecule has 120 valence electrons. The summed E-state index contributed by atoms with van der Waals surface area (Å²) in [5, 5.41) is 13.3. The molecule has 3 heterocycles. The monoisotopic (exact) mass is 339 g/mol. The highest BCUT2D eigenvalue weighted by atomic mass is 32.2. The Labute approximate surface area is 138 Å². The Balaban J connectivity index is 1.86. The highest BCUT2D eigenvalue weighted by Gasteiger charge is 2.28. The SMILES string of the molecule is N#Cc1cnn2c(-c3cccc(N4CCCS4(=O)=O)c3)ccnc12. The molecular formula is C16H13N5O2S. The van der Waals surface area contributed by atoms with Gasteiger partial charge >= 0.3 is 0 Å². The van der Waals surface area contributed by atoms with Crippen molar-refractivity contribution < 1.29 is 8.42 Å². The van der Waals surface area contributed by atoms with Gasteiger partial charge in [-0.25, -0.2) is 17.9 Å². The molecule has 0 N–H and O–H groups in total. The van der Waals surface area contributed by atoms with Gasteiger partial charge < -0.3 is 0 Å². The average molecular weight is 339 g/mol. The lowest BCUT2D eigenvalue weighted by molar-refractivity contribution is 0.599. The second-order valence-electron chi connectivity index (χ2n) is 5.53. The van der Waals surface area contributed by atoms with Gasteiger partial charge in [0, 0.05) is 18.3 Å². The minimum atomic E-state index is -3.23. The molecule has 3 aromatic rings. The van der Waals surface area contributed by atoms with Gasteiger partial charge in [-0.05, 0) is 24.6 Å². The molecule has 4 rings (SSSR count). The van der Waals surface area contributed by atoms with Gasteiger partial charge in [0.1, 0.15) is 11.6 Å². The summed E-state index contributed by atoms with van der Waals surface area (Å²) in [5.41, 5.74) is 3.08. The zero-order valence-electron chi connectivity index (χ0n) is 12.6. The molecule has 1 saturated heterocycles. The topological polar surface area (TPSA) is 91.4 Å². The molecule has 0 spiro atoms. The third-order valence-corrected chi connectivity index (χ3v) is 5.92. The molecule has 0 atom stereocenters. The first-order chi connectivity index (χ1) is 11.6. The first-order valence-electron chi connectivity index (χ1n) is 7.44. The smallest absolute Gasteiger partial charge is 0.235 e. The van der Waals surface area contributed by atoms with Gasteiger partial charge in [-0.2, -0.15) is 10.4 Å². The van der Waals surface area contributed by atoms with Crippen LogP contribution in [0.5, 0.6) is 0 Å². The Bertz CT molecular complexity index is 1080. The fourth-order valence-electron chi connectivity index (χ4n) is 2.94. The first-order valence-corrected chi connectivity index (χ1v) is 9.05. The number of fused-ring (bicyclic) bond motifs is 1. The van der Waals surface area contributed by atoms with E-state index >= 15 is 0 Å². The Morgan fingerprint density at radius 1 is 1.25 bits per heavy atom. The normalized spacial score (nSPS) is 16.4. The van der Waals surface area contributed by atoms with Gasteiger partial charge in [-0.1, -0.05) is 12.1 Å². The Kier molecular flexibility index (Phi) is 3.25. The summed E-state index contributed by atoms with van der Waals surface area (Å²) < 4.78 is 27.3. The van der Waals surface area contributed by atoms with E-state index in [1.54, 1.807) is 22.8 Å². The molecule has 0 radical (unpaired) electrons. The van der Waals surface area contributed by atoms with Crippen molar-refractivity contribution in [1.82, 2.24) is 14.6 Å². The zero-order chi connectivity index (χ0) is 16.7. The lowest BCUT2D eigenvalue weighted by Gasteiger charge is -2.17. The first kappa shape index (κ1) is 14.7. The minimum Gasteiger partial charge on any atom is -0.270 e. The molecule has 1 fully saturated rings. The number of anilines is 1. The van der Waals surface area contributed by atoms with Crippen LogP contribution in [0.4, 0.5) is 5.69 Å². The van der Waals surface area contributed by atoms with Crippen molar-refractivity contribution in [2.75, 3.05) is 16.6 Å². The summed E-state index contributed by atoms with van der Waals surface area (Å²) in [6.07, 6.45) is 3.73. The fraction of sp³-hybridized carbons (Fsp3) is 0.188. The summed E-state index contributed by atoms with van der Waals surface area (Å²) in [5.74, 6) is 0.182. The third-order valence-electron chi connectivity index (χ3n) is 4.05. The van der Waals surface area contributed by atoms with Crippen molar-refractivity contribution in [2.45, 2.75) is 6.42 Å². The lowest BCUT2D eigenvalue weighted by atomic mass is 10.1. The fourth-order valence-corrected chi connectivity index (χ4v) is 4.50. The molecule has 1 aromatic carbocycles. The van der Waals surface area contributed by atoms with Crippen LogP contribution in [0.15, 0.2) is 42.7 Å². The number of rotatable bonds is 2. The van der Waals surface area contributed by atoms with Crippen LogP contribution in [-0.2, 0) is 10.0 Å². The second-order valence-corrected chi connectivity index (χ2v) is 7.54. The number of hydrogen-bond acceptors (Lipinski definition) is 5. The van der Waals surface area contributed by atoms with Crippen molar-refractivity contribution in [3.05, 3.63) is 48.3 Å². The molecule has 24 heavy (non-hydrogen) atoms. The summed E-state index contributed by atoms with van der Waals surface area (Å²) in [7, 11) is -3.23. The number of hydrogen-bond donors (Lipinski definition) is 0. The zero-order valence-corrected chi connectivity index (χ0v) is 13.4. The van der Waals surface area contributed by atoms with Gasteiger partial charge in [-0.3, -0.25) is 4.31 Å². The van der Waals surface area contributed by atoms with E-state index in [-0.39, 0.29) is 5.75 Å². The molecule has 1 aliphatic rings. The van der Waals surface area contributed by atoms with Crippen molar-refractivity contribution in [2.24, 2.45) is 0 Å². The average Bonchev–Trinajstić information content (AvgIpc) is 3.17. The number of nitrogens with zero attached hydrogens (tertiary/aromatic N) is 5. The van der Waals surface area contributed by atoms with Crippen LogP contribution >= 0.6 is 0 Å². The predicted octanol–water partition coefficient (Wildman–Crippen LogP) is 1.81. The van der Waals surface area contributed by atoms with E-state index in [4.69, 9.17) is 5.26 Å². The molecule has 8 heteroatoms. The van der Waals surface area contributed by atoms with Crippen LogP contribution in [0.3, 0.4) is 0 Å². The largest absolute Gasteiger partial charge is 0.270 e.